The van der Waals surface area contributed by atoms with Crippen molar-refractivity contribution in [2.75, 3.05) is 19.4 Å². The number of hydrogen-bond donors (Lipinski definition) is 2. The first-order chi connectivity index (χ1) is 11.8. The molecule has 0 fully saturated rings. The SMILES string of the molecule is Cc1cc(Br)ccc1OCc1c(C)cccc1NC(=O)N(C)N(C)N. The van der Waals surface area contributed by atoms with E-state index in [1.165, 1.54) is 10.1 Å². The highest BCUT2D eigenvalue weighted by atomic mass is 79.9. The van der Waals surface area contributed by atoms with Gasteiger partial charge < -0.3 is 10.1 Å². The van der Waals surface area contributed by atoms with Gasteiger partial charge in [0.05, 0.1) is 0 Å². The van der Waals surface area contributed by atoms with Crippen LogP contribution in [0, 0.1) is 13.8 Å². The van der Waals surface area contributed by atoms with E-state index in [1.807, 2.05) is 50.2 Å². The zero-order valence-electron chi connectivity index (χ0n) is 14.8. The predicted molar refractivity (Wildman–Crippen MR) is 103 cm³/mol. The van der Waals surface area contributed by atoms with Gasteiger partial charge in [0.25, 0.3) is 0 Å². The second-order valence-electron chi connectivity index (χ2n) is 5.83. The molecule has 134 valence electrons. The molecule has 0 aromatic heterocycles. The molecular weight excluding hydrogens is 384 g/mol. The number of hydrazine groups is 2. The lowest BCUT2D eigenvalue weighted by atomic mass is 10.1. The van der Waals surface area contributed by atoms with Gasteiger partial charge in [0.15, 0.2) is 0 Å². The molecule has 0 spiro atoms. The monoisotopic (exact) mass is 406 g/mol. The Morgan fingerprint density at radius 2 is 1.92 bits per heavy atom. The Balaban J connectivity index is 2.18. The topological polar surface area (TPSA) is 70.8 Å². The molecule has 0 saturated heterocycles. The average molecular weight is 407 g/mol. The van der Waals surface area contributed by atoms with Crippen LogP contribution in [-0.4, -0.2) is 30.3 Å². The van der Waals surface area contributed by atoms with Gasteiger partial charge in [0.2, 0.25) is 0 Å². The zero-order valence-corrected chi connectivity index (χ0v) is 16.4. The number of hydrogen-bond acceptors (Lipinski definition) is 4. The van der Waals surface area contributed by atoms with Crippen molar-refractivity contribution in [3.63, 3.8) is 0 Å². The number of amides is 2. The van der Waals surface area contributed by atoms with Crippen molar-refractivity contribution in [1.82, 2.24) is 10.1 Å². The third-order valence-corrected chi connectivity index (χ3v) is 4.42. The fourth-order valence-corrected chi connectivity index (χ4v) is 2.75. The third-order valence-electron chi connectivity index (χ3n) is 3.93. The van der Waals surface area contributed by atoms with Gasteiger partial charge in [-0.1, -0.05) is 28.1 Å². The van der Waals surface area contributed by atoms with E-state index in [-0.39, 0.29) is 6.03 Å². The van der Waals surface area contributed by atoms with Crippen molar-refractivity contribution in [2.24, 2.45) is 5.84 Å². The van der Waals surface area contributed by atoms with E-state index in [4.69, 9.17) is 10.6 Å². The number of nitrogens with zero attached hydrogens (tertiary/aromatic N) is 2. The molecule has 0 bridgehead atoms. The molecule has 7 heteroatoms. The fourth-order valence-electron chi connectivity index (χ4n) is 2.28. The Labute approximate surface area is 156 Å². The van der Waals surface area contributed by atoms with Gasteiger partial charge in [-0.05, 0) is 49.2 Å². The van der Waals surface area contributed by atoms with Gasteiger partial charge in [0, 0.05) is 29.8 Å². The first-order valence-corrected chi connectivity index (χ1v) is 8.59. The number of rotatable bonds is 5. The number of urea groups is 1. The Morgan fingerprint density at radius 3 is 2.56 bits per heavy atom. The number of ether oxygens (including phenoxy) is 1. The van der Waals surface area contributed by atoms with Crippen LogP contribution in [0.3, 0.4) is 0 Å². The molecule has 3 N–H and O–H groups in total. The van der Waals surface area contributed by atoms with Crippen LogP contribution in [-0.2, 0) is 6.61 Å². The molecule has 0 radical (unpaired) electrons. The summed E-state index contributed by atoms with van der Waals surface area (Å²) in [4.78, 5) is 12.2. The standard InChI is InChI=1S/C18H23BrN4O2/c1-12-6-5-7-16(21-18(24)22(3)23(4)20)15(12)11-25-17-9-8-14(19)10-13(17)2/h5-10H,11,20H2,1-4H3,(H,21,24). The summed E-state index contributed by atoms with van der Waals surface area (Å²) < 4.78 is 6.98. The molecule has 0 unspecified atom stereocenters. The molecule has 0 heterocycles. The zero-order chi connectivity index (χ0) is 18.6. The van der Waals surface area contributed by atoms with E-state index in [0.717, 1.165) is 26.9 Å². The number of carbonyl (C=O) groups excluding carboxylic acids is 1. The maximum Gasteiger partial charge on any atom is 0.337 e. The third kappa shape index (κ3) is 4.94. The number of nitrogens with two attached hydrogens (primary N) is 1. The largest absolute Gasteiger partial charge is 0.489 e. The number of aryl methyl sites for hydroxylation is 2. The molecule has 0 aliphatic carbocycles. The van der Waals surface area contributed by atoms with Crippen LogP contribution in [0.2, 0.25) is 0 Å². The summed E-state index contributed by atoms with van der Waals surface area (Å²) in [5.74, 6) is 6.40. The predicted octanol–water partition coefficient (Wildman–Crippen LogP) is 3.83. The highest BCUT2D eigenvalue weighted by Gasteiger charge is 2.15. The molecule has 0 aliphatic heterocycles. The van der Waals surface area contributed by atoms with E-state index >= 15 is 0 Å². The van der Waals surface area contributed by atoms with Crippen LogP contribution >= 0.6 is 15.9 Å². The minimum Gasteiger partial charge on any atom is -0.489 e. The summed E-state index contributed by atoms with van der Waals surface area (Å²) in [6, 6.07) is 11.3. The number of halogens is 1. The molecular formula is C18H23BrN4O2. The van der Waals surface area contributed by atoms with Gasteiger partial charge in [-0.2, -0.15) is 5.12 Å². The van der Waals surface area contributed by atoms with Crippen molar-refractivity contribution in [3.05, 3.63) is 57.6 Å². The van der Waals surface area contributed by atoms with Crippen molar-refractivity contribution in [3.8, 4) is 5.75 Å². The van der Waals surface area contributed by atoms with Crippen LogP contribution in [0.25, 0.3) is 0 Å². The lowest BCUT2D eigenvalue weighted by Crippen LogP contribution is -2.47. The van der Waals surface area contributed by atoms with Gasteiger partial charge in [-0.25, -0.2) is 9.80 Å². The maximum atomic E-state index is 12.2. The van der Waals surface area contributed by atoms with Crippen molar-refractivity contribution >= 4 is 27.6 Å². The summed E-state index contributed by atoms with van der Waals surface area (Å²) in [5, 5.41) is 5.37. The van der Waals surface area contributed by atoms with E-state index in [0.29, 0.717) is 12.3 Å². The lowest BCUT2D eigenvalue weighted by Gasteiger charge is -2.24. The molecule has 2 aromatic rings. The van der Waals surface area contributed by atoms with Crippen molar-refractivity contribution in [2.45, 2.75) is 20.5 Å². The molecule has 0 aliphatic rings. The normalized spacial score (nSPS) is 10.7. The summed E-state index contributed by atoms with van der Waals surface area (Å²) >= 11 is 3.45. The minimum atomic E-state index is -0.323. The molecule has 2 aromatic carbocycles. The van der Waals surface area contributed by atoms with E-state index < -0.39 is 0 Å². The Bertz CT molecular complexity index is 765. The van der Waals surface area contributed by atoms with Crippen molar-refractivity contribution < 1.29 is 9.53 Å². The second kappa shape index (κ2) is 8.33. The van der Waals surface area contributed by atoms with Gasteiger partial charge in [-0.15, -0.1) is 0 Å². The van der Waals surface area contributed by atoms with Crippen LogP contribution in [0.1, 0.15) is 16.7 Å². The number of anilines is 1. The Hall–Kier alpha value is -2.09. The first-order valence-electron chi connectivity index (χ1n) is 7.80. The molecule has 25 heavy (non-hydrogen) atoms. The average Bonchev–Trinajstić information content (AvgIpc) is 2.55. The highest BCUT2D eigenvalue weighted by molar-refractivity contribution is 9.10. The molecule has 2 amide bonds. The van der Waals surface area contributed by atoms with Crippen LogP contribution in [0.15, 0.2) is 40.9 Å². The molecule has 2 rings (SSSR count). The second-order valence-corrected chi connectivity index (χ2v) is 6.74. The lowest BCUT2D eigenvalue weighted by molar-refractivity contribution is 0.0705. The van der Waals surface area contributed by atoms with Gasteiger partial charge in [0.1, 0.15) is 12.4 Å². The first kappa shape index (κ1) is 19.2. The van der Waals surface area contributed by atoms with E-state index in [9.17, 15) is 4.79 Å². The van der Waals surface area contributed by atoms with E-state index in [1.54, 1.807) is 14.1 Å². The quantitative estimate of drug-likeness (QED) is 0.584. The molecule has 0 atom stereocenters. The van der Waals surface area contributed by atoms with Crippen LogP contribution < -0.4 is 15.9 Å². The van der Waals surface area contributed by atoms with E-state index in [2.05, 4.69) is 21.2 Å². The molecule has 6 nitrogen and oxygen atoms in total. The fraction of sp³-hybridized carbons (Fsp3) is 0.278. The number of nitrogens with one attached hydrogen (secondary N) is 1. The minimum absolute atomic E-state index is 0.323. The highest BCUT2D eigenvalue weighted by Crippen LogP contribution is 2.26. The summed E-state index contributed by atoms with van der Waals surface area (Å²) in [5.41, 5.74) is 3.70. The Kier molecular flexibility index (Phi) is 6.41. The summed E-state index contributed by atoms with van der Waals surface area (Å²) in [6.07, 6.45) is 0. The van der Waals surface area contributed by atoms with Crippen LogP contribution in [0.4, 0.5) is 10.5 Å². The van der Waals surface area contributed by atoms with Gasteiger partial charge in [-0.3, -0.25) is 5.84 Å². The smallest absolute Gasteiger partial charge is 0.337 e. The van der Waals surface area contributed by atoms with Gasteiger partial charge >= 0.3 is 6.03 Å². The van der Waals surface area contributed by atoms with Crippen LogP contribution in [0.5, 0.6) is 5.75 Å². The number of carbonyl (C=O) groups is 1. The maximum absolute atomic E-state index is 12.2. The molecule has 0 saturated carbocycles. The number of benzene rings is 2. The van der Waals surface area contributed by atoms with Crippen molar-refractivity contribution in [1.29, 1.82) is 0 Å². The summed E-state index contributed by atoms with van der Waals surface area (Å²) in [7, 11) is 3.18. The summed E-state index contributed by atoms with van der Waals surface area (Å²) in [6.45, 7) is 4.33. The Morgan fingerprint density at radius 1 is 1.20 bits per heavy atom.